The Bertz CT molecular complexity index is 604. The fourth-order valence-electron chi connectivity index (χ4n) is 3.17. The smallest absolute Gasteiger partial charge is 0.138 e. The zero-order valence-electron chi connectivity index (χ0n) is 14.1. The average Bonchev–Trinajstić information content (AvgIpc) is 2.87. The summed E-state index contributed by atoms with van der Waals surface area (Å²) in [5.74, 6) is 0.941. The highest BCUT2D eigenvalue weighted by molar-refractivity contribution is 5.85. The van der Waals surface area contributed by atoms with Crippen LogP contribution in [0.25, 0.3) is 0 Å². The highest BCUT2D eigenvalue weighted by Gasteiger charge is 2.25. The van der Waals surface area contributed by atoms with Gasteiger partial charge in [0.1, 0.15) is 5.76 Å². The summed E-state index contributed by atoms with van der Waals surface area (Å²) in [6.45, 7) is 10.2. The summed E-state index contributed by atoms with van der Waals surface area (Å²) in [5.41, 5.74) is 5.02. The molecule has 1 atom stereocenters. The van der Waals surface area contributed by atoms with Gasteiger partial charge in [0, 0.05) is 37.8 Å². The van der Waals surface area contributed by atoms with Gasteiger partial charge >= 0.3 is 0 Å². The lowest BCUT2D eigenvalue weighted by Gasteiger charge is -2.36. The van der Waals surface area contributed by atoms with Gasteiger partial charge in [0.25, 0.3) is 0 Å². The van der Waals surface area contributed by atoms with Gasteiger partial charge in [0.2, 0.25) is 0 Å². The van der Waals surface area contributed by atoms with Crippen LogP contribution in [0.5, 0.6) is 0 Å². The third kappa shape index (κ3) is 3.94. The standard InChI is InChI=1S/C18H25N3O.ClH/c1-4-15-5-7-16(8-6-15)18-11-19-9-10-21(18)12-17-13(2)20-22-14(17)3;/h5-8,18-19H,4,9-12H2,1-3H3;1H. The quantitative estimate of drug-likeness (QED) is 0.929. The van der Waals surface area contributed by atoms with Crippen LogP contribution in [0.2, 0.25) is 0 Å². The number of aromatic nitrogens is 1. The topological polar surface area (TPSA) is 41.3 Å². The van der Waals surface area contributed by atoms with Gasteiger partial charge in [-0.3, -0.25) is 4.90 Å². The maximum atomic E-state index is 5.32. The fraction of sp³-hybridized carbons (Fsp3) is 0.500. The van der Waals surface area contributed by atoms with Gasteiger partial charge in [-0.2, -0.15) is 0 Å². The molecular formula is C18H26ClN3O. The van der Waals surface area contributed by atoms with Crippen LogP contribution in [-0.4, -0.2) is 29.7 Å². The Kier molecular flexibility index (Phi) is 6.22. The van der Waals surface area contributed by atoms with Crippen LogP contribution in [0.4, 0.5) is 0 Å². The summed E-state index contributed by atoms with van der Waals surface area (Å²) in [4.78, 5) is 2.53. The van der Waals surface area contributed by atoms with Crippen molar-refractivity contribution in [1.29, 1.82) is 0 Å². The van der Waals surface area contributed by atoms with Crippen LogP contribution < -0.4 is 5.32 Å². The number of halogens is 1. The molecule has 2 heterocycles. The van der Waals surface area contributed by atoms with E-state index in [0.717, 1.165) is 44.1 Å². The Labute approximate surface area is 144 Å². The molecule has 1 saturated heterocycles. The molecular weight excluding hydrogens is 310 g/mol. The number of nitrogens with zero attached hydrogens (tertiary/aromatic N) is 2. The molecule has 1 unspecified atom stereocenters. The fourth-order valence-corrected chi connectivity index (χ4v) is 3.17. The Hall–Kier alpha value is -1.36. The van der Waals surface area contributed by atoms with Crippen molar-refractivity contribution in [2.75, 3.05) is 19.6 Å². The molecule has 2 aromatic rings. The van der Waals surface area contributed by atoms with E-state index in [0.29, 0.717) is 6.04 Å². The third-order valence-electron chi connectivity index (χ3n) is 4.67. The van der Waals surface area contributed by atoms with Crippen molar-refractivity contribution >= 4 is 12.4 Å². The first-order valence-electron chi connectivity index (χ1n) is 8.14. The van der Waals surface area contributed by atoms with Gasteiger partial charge in [0.05, 0.1) is 5.69 Å². The zero-order chi connectivity index (χ0) is 15.5. The van der Waals surface area contributed by atoms with Gasteiger partial charge in [-0.15, -0.1) is 12.4 Å². The second-order valence-electron chi connectivity index (χ2n) is 6.09. The molecule has 0 amide bonds. The highest BCUT2D eigenvalue weighted by Crippen LogP contribution is 2.26. The van der Waals surface area contributed by atoms with E-state index in [9.17, 15) is 0 Å². The van der Waals surface area contributed by atoms with E-state index < -0.39 is 0 Å². The van der Waals surface area contributed by atoms with Crippen molar-refractivity contribution in [3.8, 4) is 0 Å². The molecule has 5 heteroatoms. The molecule has 4 nitrogen and oxygen atoms in total. The van der Waals surface area contributed by atoms with Crippen molar-refractivity contribution in [3.05, 3.63) is 52.4 Å². The molecule has 3 rings (SSSR count). The van der Waals surface area contributed by atoms with Crippen LogP contribution in [0.3, 0.4) is 0 Å². The number of hydrogen-bond donors (Lipinski definition) is 1. The van der Waals surface area contributed by atoms with E-state index in [-0.39, 0.29) is 12.4 Å². The van der Waals surface area contributed by atoms with Crippen LogP contribution >= 0.6 is 12.4 Å². The lowest BCUT2D eigenvalue weighted by Crippen LogP contribution is -2.45. The van der Waals surface area contributed by atoms with Crippen molar-refractivity contribution in [2.24, 2.45) is 0 Å². The van der Waals surface area contributed by atoms with Crippen LogP contribution in [0.15, 0.2) is 28.8 Å². The van der Waals surface area contributed by atoms with Crippen LogP contribution in [0.1, 0.15) is 41.1 Å². The minimum absolute atomic E-state index is 0. The molecule has 1 fully saturated rings. The van der Waals surface area contributed by atoms with E-state index >= 15 is 0 Å². The van der Waals surface area contributed by atoms with Crippen molar-refractivity contribution in [2.45, 2.75) is 39.8 Å². The van der Waals surface area contributed by atoms with E-state index in [1.54, 1.807) is 0 Å². The van der Waals surface area contributed by atoms with E-state index in [2.05, 4.69) is 46.6 Å². The summed E-state index contributed by atoms with van der Waals surface area (Å²) in [5, 5.41) is 7.60. The molecule has 1 aromatic heterocycles. The van der Waals surface area contributed by atoms with E-state index in [1.165, 1.54) is 16.7 Å². The maximum Gasteiger partial charge on any atom is 0.138 e. The molecule has 126 valence electrons. The molecule has 1 N–H and O–H groups in total. The monoisotopic (exact) mass is 335 g/mol. The molecule has 0 bridgehead atoms. The highest BCUT2D eigenvalue weighted by atomic mass is 35.5. The second-order valence-corrected chi connectivity index (χ2v) is 6.09. The predicted octanol–water partition coefficient (Wildman–Crippen LogP) is 3.42. The molecule has 1 aromatic carbocycles. The number of hydrogen-bond acceptors (Lipinski definition) is 4. The summed E-state index contributed by atoms with van der Waals surface area (Å²) in [6, 6.07) is 9.46. The Morgan fingerprint density at radius 3 is 2.61 bits per heavy atom. The van der Waals surface area contributed by atoms with Gasteiger partial charge in [-0.25, -0.2) is 0 Å². The predicted molar refractivity (Wildman–Crippen MR) is 95.1 cm³/mol. The largest absolute Gasteiger partial charge is 0.361 e. The first-order valence-corrected chi connectivity index (χ1v) is 8.14. The molecule has 1 aliphatic rings. The lowest BCUT2D eigenvalue weighted by atomic mass is 10.00. The number of piperazine rings is 1. The van der Waals surface area contributed by atoms with E-state index in [1.807, 2.05) is 13.8 Å². The van der Waals surface area contributed by atoms with Gasteiger partial charge < -0.3 is 9.84 Å². The van der Waals surface area contributed by atoms with Gasteiger partial charge in [-0.1, -0.05) is 36.3 Å². The summed E-state index contributed by atoms with van der Waals surface area (Å²) in [7, 11) is 0. The first-order chi connectivity index (χ1) is 10.7. The van der Waals surface area contributed by atoms with Crippen LogP contribution in [0, 0.1) is 13.8 Å². The molecule has 0 aliphatic carbocycles. The van der Waals surface area contributed by atoms with Gasteiger partial charge in [-0.05, 0) is 31.4 Å². The minimum Gasteiger partial charge on any atom is -0.361 e. The van der Waals surface area contributed by atoms with Gasteiger partial charge in [0.15, 0.2) is 0 Å². The Morgan fingerprint density at radius 1 is 1.26 bits per heavy atom. The minimum atomic E-state index is 0. The lowest BCUT2D eigenvalue weighted by molar-refractivity contribution is 0.152. The molecule has 23 heavy (non-hydrogen) atoms. The summed E-state index contributed by atoms with van der Waals surface area (Å²) in [6.07, 6.45) is 1.09. The maximum absolute atomic E-state index is 5.32. The molecule has 0 spiro atoms. The number of nitrogens with one attached hydrogen (secondary N) is 1. The third-order valence-corrected chi connectivity index (χ3v) is 4.67. The Balaban J connectivity index is 0.00000192. The molecule has 0 radical (unpaired) electrons. The van der Waals surface area contributed by atoms with Crippen LogP contribution in [-0.2, 0) is 13.0 Å². The molecule has 0 saturated carbocycles. The van der Waals surface area contributed by atoms with Crippen molar-refractivity contribution < 1.29 is 4.52 Å². The van der Waals surface area contributed by atoms with E-state index in [4.69, 9.17) is 4.52 Å². The zero-order valence-corrected chi connectivity index (χ0v) is 14.9. The number of rotatable bonds is 4. The number of benzene rings is 1. The SMILES string of the molecule is CCc1ccc(C2CNCCN2Cc2c(C)noc2C)cc1.Cl. The summed E-state index contributed by atoms with van der Waals surface area (Å²) < 4.78 is 5.32. The number of aryl methyl sites for hydroxylation is 3. The molecule has 1 aliphatic heterocycles. The van der Waals surface area contributed by atoms with Crippen molar-refractivity contribution in [1.82, 2.24) is 15.4 Å². The second kappa shape index (κ2) is 7.95. The average molecular weight is 336 g/mol. The van der Waals surface area contributed by atoms with Crippen molar-refractivity contribution in [3.63, 3.8) is 0 Å². The normalized spacial score (nSPS) is 18.7. The Morgan fingerprint density at radius 2 is 2.00 bits per heavy atom. The summed E-state index contributed by atoms with van der Waals surface area (Å²) >= 11 is 0. The first kappa shape index (κ1) is 18.0.